The minimum absolute atomic E-state index is 0.0603. The van der Waals surface area contributed by atoms with Crippen LogP contribution in [-0.2, 0) is 10.2 Å². The summed E-state index contributed by atoms with van der Waals surface area (Å²) in [6.45, 7) is 0.697. The van der Waals surface area contributed by atoms with Crippen molar-refractivity contribution < 1.29 is 9.26 Å². The summed E-state index contributed by atoms with van der Waals surface area (Å²) in [7, 11) is 1.69. The number of hydrogen-bond donors (Lipinski definition) is 1. The molecule has 1 fully saturated rings. The maximum atomic E-state index is 6.10. The molecule has 1 saturated carbocycles. The van der Waals surface area contributed by atoms with Crippen LogP contribution in [0.1, 0.15) is 49.0 Å². The van der Waals surface area contributed by atoms with Gasteiger partial charge in [-0.05, 0) is 31.2 Å². The molecule has 2 N–H and O–H groups in total. The molecule has 1 unspecified atom stereocenters. The zero-order valence-corrected chi connectivity index (χ0v) is 12.3. The van der Waals surface area contributed by atoms with Gasteiger partial charge in [0.05, 0.1) is 11.5 Å². The van der Waals surface area contributed by atoms with Crippen LogP contribution in [0.3, 0.4) is 0 Å². The Balaban J connectivity index is 1.73. The Morgan fingerprint density at radius 2 is 2.10 bits per heavy atom. The van der Waals surface area contributed by atoms with Crippen LogP contribution in [0.2, 0.25) is 0 Å². The molecule has 0 bridgehead atoms. The smallest absolute Gasteiger partial charge is 0.243 e. The second-order valence-electron chi connectivity index (χ2n) is 5.65. The number of ether oxygens (including phenoxy) is 1. The summed E-state index contributed by atoms with van der Waals surface area (Å²) in [6, 6.07) is 10.2. The Kier molecular flexibility index (Phi) is 4.03. The monoisotopic (exact) mass is 287 g/mol. The van der Waals surface area contributed by atoms with Crippen LogP contribution in [-0.4, -0.2) is 23.9 Å². The van der Waals surface area contributed by atoms with Crippen molar-refractivity contribution in [1.82, 2.24) is 10.1 Å². The summed E-state index contributed by atoms with van der Waals surface area (Å²) >= 11 is 0. The zero-order valence-electron chi connectivity index (χ0n) is 12.3. The minimum atomic E-state index is -0.215. The Bertz CT molecular complexity index is 578. The quantitative estimate of drug-likeness (QED) is 0.792. The lowest BCUT2D eigenvalue weighted by Crippen LogP contribution is -2.14. The first kappa shape index (κ1) is 14.2. The average Bonchev–Trinajstić information content (AvgIpc) is 3.18. The molecular formula is C16H21N3O2. The Morgan fingerprint density at radius 3 is 2.76 bits per heavy atom. The van der Waals surface area contributed by atoms with Crippen LogP contribution in [0.4, 0.5) is 0 Å². The fraction of sp³-hybridized carbons (Fsp3) is 0.500. The maximum absolute atomic E-state index is 6.10. The number of nitrogens with zero attached hydrogens (tertiary/aromatic N) is 2. The topological polar surface area (TPSA) is 74.2 Å². The largest absolute Gasteiger partial charge is 0.385 e. The molecule has 1 heterocycles. The number of methoxy groups -OCH3 is 1. The van der Waals surface area contributed by atoms with Crippen LogP contribution in [0.15, 0.2) is 34.9 Å². The third kappa shape index (κ3) is 2.84. The molecule has 0 saturated heterocycles. The van der Waals surface area contributed by atoms with E-state index in [4.69, 9.17) is 15.0 Å². The van der Waals surface area contributed by atoms with Crippen molar-refractivity contribution >= 4 is 0 Å². The number of nitrogens with two attached hydrogens (primary N) is 1. The second-order valence-corrected chi connectivity index (χ2v) is 5.65. The Hall–Kier alpha value is -1.72. The Labute approximate surface area is 124 Å². The highest BCUT2D eigenvalue weighted by Crippen LogP contribution is 2.52. The number of rotatable bonds is 7. The van der Waals surface area contributed by atoms with E-state index in [0.29, 0.717) is 12.5 Å². The van der Waals surface area contributed by atoms with Gasteiger partial charge in [-0.1, -0.05) is 35.5 Å². The number of aromatic nitrogens is 2. The third-order valence-corrected chi connectivity index (χ3v) is 4.13. The average molecular weight is 287 g/mol. The van der Waals surface area contributed by atoms with Crippen molar-refractivity contribution in [3.05, 3.63) is 47.6 Å². The normalized spacial score (nSPS) is 17.6. The highest BCUT2D eigenvalue weighted by molar-refractivity contribution is 5.38. The Morgan fingerprint density at radius 1 is 1.33 bits per heavy atom. The van der Waals surface area contributed by atoms with Crippen molar-refractivity contribution in [2.45, 2.75) is 37.1 Å². The molecule has 2 aromatic rings. The molecule has 21 heavy (non-hydrogen) atoms. The van der Waals surface area contributed by atoms with Crippen molar-refractivity contribution in [2.24, 2.45) is 5.73 Å². The molecular weight excluding hydrogens is 266 g/mol. The van der Waals surface area contributed by atoms with Gasteiger partial charge >= 0.3 is 0 Å². The molecule has 3 rings (SSSR count). The molecule has 1 aliphatic rings. The zero-order chi connectivity index (χ0) is 14.7. The standard InChI is InChI=1S/C16H21N3O2/c1-20-11-5-8-13(17)14-18-15(19-21-14)16(9-10-16)12-6-3-2-4-7-12/h2-4,6-7,13H,5,8-11,17H2,1H3. The van der Waals surface area contributed by atoms with Crippen LogP contribution >= 0.6 is 0 Å². The van der Waals surface area contributed by atoms with E-state index < -0.39 is 0 Å². The van der Waals surface area contributed by atoms with Crippen molar-refractivity contribution in [2.75, 3.05) is 13.7 Å². The van der Waals surface area contributed by atoms with Gasteiger partial charge in [0.2, 0.25) is 5.89 Å². The lowest BCUT2D eigenvalue weighted by atomic mass is 9.95. The fourth-order valence-electron chi connectivity index (χ4n) is 2.67. The lowest BCUT2D eigenvalue weighted by molar-refractivity contribution is 0.188. The van der Waals surface area contributed by atoms with Gasteiger partial charge in [0.1, 0.15) is 0 Å². The van der Waals surface area contributed by atoms with Crippen LogP contribution in [0.25, 0.3) is 0 Å². The van der Waals surface area contributed by atoms with Crippen molar-refractivity contribution in [1.29, 1.82) is 0 Å². The van der Waals surface area contributed by atoms with Gasteiger partial charge < -0.3 is 15.0 Å². The van der Waals surface area contributed by atoms with Gasteiger partial charge in [-0.2, -0.15) is 4.98 Å². The van der Waals surface area contributed by atoms with E-state index in [1.807, 2.05) is 18.2 Å². The van der Waals surface area contributed by atoms with E-state index in [1.165, 1.54) is 5.56 Å². The molecule has 5 heteroatoms. The number of benzene rings is 1. The SMILES string of the molecule is COCCCC(N)c1nc(C2(c3ccccc3)CC2)no1. The third-order valence-electron chi connectivity index (χ3n) is 4.13. The predicted molar refractivity (Wildman–Crippen MR) is 78.8 cm³/mol. The van der Waals surface area contributed by atoms with Crippen LogP contribution in [0, 0.1) is 0 Å². The van der Waals surface area contributed by atoms with Gasteiger partial charge in [-0.25, -0.2) is 0 Å². The van der Waals surface area contributed by atoms with E-state index in [9.17, 15) is 0 Å². The van der Waals surface area contributed by atoms with E-state index in [1.54, 1.807) is 7.11 Å². The molecule has 112 valence electrons. The number of hydrogen-bond acceptors (Lipinski definition) is 5. The lowest BCUT2D eigenvalue weighted by Gasteiger charge is -2.10. The summed E-state index contributed by atoms with van der Waals surface area (Å²) < 4.78 is 10.4. The van der Waals surface area contributed by atoms with Gasteiger partial charge in [0.25, 0.3) is 0 Å². The second kappa shape index (κ2) is 5.95. The van der Waals surface area contributed by atoms with Crippen molar-refractivity contribution in [3.63, 3.8) is 0 Å². The van der Waals surface area contributed by atoms with E-state index in [2.05, 4.69) is 22.3 Å². The van der Waals surface area contributed by atoms with Gasteiger partial charge in [-0.15, -0.1) is 0 Å². The molecule has 5 nitrogen and oxygen atoms in total. The molecule has 1 aliphatic carbocycles. The summed E-state index contributed by atoms with van der Waals surface area (Å²) in [5.74, 6) is 1.30. The first-order valence-corrected chi connectivity index (χ1v) is 7.40. The predicted octanol–water partition coefficient (Wildman–Crippen LogP) is 2.58. The maximum Gasteiger partial charge on any atom is 0.243 e. The molecule has 1 aromatic carbocycles. The summed E-state index contributed by atoms with van der Waals surface area (Å²) in [6.07, 6.45) is 3.80. The van der Waals surface area contributed by atoms with E-state index in [-0.39, 0.29) is 11.5 Å². The molecule has 1 aromatic heterocycles. The first-order chi connectivity index (χ1) is 10.3. The van der Waals surface area contributed by atoms with Gasteiger partial charge in [0.15, 0.2) is 5.82 Å². The molecule has 0 amide bonds. The van der Waals surface area contributed by atoms with Crippen LogP contribution < -0.4 is 5.73 Å². The van der Waals surface area contributed by atoms with E-state index in [0.717, 1.165) is 31.5 Å². The summed E-state index contributed by atoms with van der Waals surface area (Å²) in [5.41, 5.74) is 7.29. The molecule has 0 radical (unpaired) electrons. The van der Waals surface area contributed by atoms with E-state index >= 15 is 0 Å². The molecule has 0 spiro atoms. The highest BCUT2D eigenvalue weighted by Gasteiger charge is 2.50. The van der Waals surface area contributed by atoms with Gasteiger partial charge in [0, 0.05) is 13.7 Å². The fourth-order valence-corrected chi connectivity index (χ4v) is 2.67. The summed E-state index contributed by atoms with van der Waals surface area (Å²) in [4.78, 5) is 4.56. The molecule has 0 aliphatic heterocycles. The minimum Gasteiger partial charge on any atom is -0.385 e. The molecule has 1 atom stereocenters. The van der Waals surface area contributed by atoms with Crippen LogP contribution in [0.5, 0.6) is 0 Å². The van der Waals surface area contributed by atoms with Crippen molar-refractivity contribution in [3.8, 4) is 0 Å². The highest BCUT2D eigenvalue weighted by atomic mass is 16.5. The van der Waals surface area contributed by atoms with Gasteiger partial charge in [-0.3, -0.25) is 0 Å². The summed E-state index contributed by atoms with van der Waals surface area (Å²) in [5, 5.41) is 4.18. The first-order valence-electron chi connectivity index (χ1n) is 7.40.